The second-order valence-electron chi connectivity index (χ2n) is 4.79. The third-order valence-electron chi connectivity index (χ3n) is 3.33. The van der Waals surface area contributed by atoms with Crippen LogP contribution in [0.2, 0.25) is 0 Å². The molecule has 1 N–H and O–H groups in total. The van der Waals surface area contributed by atoms with Gasteiger partial charge in [-0.15, -0.1) is 0 Å². The molecule has 1 amide bonds. The molecule has 0 fully saturated rings. The Morgan fingerprint density at radius 3 is 3.00 bits per heavy atom. The van der Waals surface area contributed by atoms with E-state index >= 15 is 0 Å². The lowest BCUT2D eigenvalue weighted by Gasteiger charge is -2.07. The minimum atomic E-state index is -0.459. The van der Waals surface area contributed by atoms with Crippen LogP contribution in [0.25, 0.3) is 21.9 Å². The number of benzene rings is 1. The Labute approximate surface area is 125 Å². The van der Waals surface area contributed by atoms with Gasteiger partial charge in [0.1, 0.15) is 17.5 Å². The Morgan fingerprint density at radius 1 is 1.36 bits per heavy atom. The van der Waals surface area contributed by atoms with E-state index in [1.807, 2.05) is 12.1 Å². The molecule has 22 heavy (non-hydrogen) atoms. The monoisotopic (exact) mass is 301 g/mol. The molecule has 2 heterocycles. The number of ether oxygens (including phenoxy) is 1. The number of hydrogen-bond acceptors (Lipinski definition) is 5. The summed E-state index contributed by atoms with van der Waals surface area (Å²) >= 11 is 0. The predicted octanol–water partition coefficient (Wildman–Crippen LogP) is 0.905. The maximum absolute atomic E-state index is 12.0. The number of carbonyl (C=O) groups excluding carboxylic acids is 1. The first-order chi connectivity index (χ1) is 10.7. The van der Waals surface area contributed by atoms with Crippen LogP contribution in [0.15, 0.2) is 39.7 Å². The lowest BCUT2D eigenvalue weighted by Crippen LogP contribution is -2.30. The molecule has 7 heteroatoms. The molecule has 0 aliphatic rings. The third-order valence-corrected chi connectivity index (χ3v) is 3.33. The smallest absolute Gasteiger partial charge is 0.347 e. The van der Waals surface area contributed by atoms with Crippen molar-refractivity contribution in [3.8, 4) is 0 Å². The molecule has 3 aromatic rings. The first-order valence-corrected chi connectivity index (χ1v) is 6.83. The highest BCUT2D eigenvalue weighted by Crippen LogP contribution is 2.22. The summed E-state index contributed by atoms with van der Waals surface area (Å²) in [5.74, 6) is -0.195. The summed E-state index contributed by atoms with van der Waals surface area (Å²) in [7, 11) is 1.57. The second kappa shape index (κ2) is 5.98. The molecule has 2 aromatic heterocycles. The number of para-hydroxylation sites is 1. The van der Waals surface area contributed by atoms with Crippen molar-refractivity contribution in [1.82, 2.24) is 15.1 Å². The van der Waals surface area contributed by atoms with Crippen LogP contribution in [0.4, 0.5) is 0 Å². The van der Waals surface area contributed by atoms with E-state index in [1.54, 1.807) is 19.2 Å². The number of amides is 1. The van der Waals surface area contributed by atoms with Crippen LogP contribution in [-0.4, -0.2) is 35.9 Å². The highest BCUT2D eigenvalue weighted by molar-refractivity contribution is 6.02. The maximum Gasteiger partial charge on any atom is 0.347 e. The largest absolute Gasteiger partial charge is 0.422 e. The number of nitrogens with zero attached hydrogens (tertiary/aromatic N) is 2. The van der Waals surface area contributed by atoms with Crippen molar-refractivity contribution in [3.05, 3.63) is 40.9 Å². The van der Waals surface area contributed by atoms with Crippen molar-refractivity contribution in [2.75, 3.05) is 20.3 Å². The molecule has 0 spiro atoms. The third kappa shape index (κ3) is 2.58. The summed E-state index contributed by atoms with van der Waals surface area (Å²) < 4.78 is 11.6. The summed E-state index contributed by atoms with van der Waals surface area (Å²) in [5.41, 5.74) is 0.620. The summed E-state index contributed by atoms with van der Waals surface area (Å²) in [4.78, 5) is 23.9. The Balaban J connectivity index is 2.00. The summed E-state index contributed by atoms with van der Waals surface area (Å²) in [6.45, 7) is 0.899. The number of fused-ring (bicyclic) bond motifs is 3. The maximum atomic E-state index is 12.0. The van der Waals surface area contributed by atoms with E-state index in [4.69, 9.17) is 9.15 Å². The lowest BCUT2D eigenvalue weighted by molar-refractivity contribution is -0.121. The molecular formula is C15H15N3O4. The second-order valence-corrected chi connectivity index (χ2v) is 4.79. The number of aromatic nitrogens is 2. The summed E-state index contributed by atoms with van der Waals surface area (Å²) in [6.07, 6.45) is 1.43. The standard InChI is InChI=1S/C15H15N3O4/c1-21-7-6-16-13(19)9-18-14-10-4-2-3-5-12(10)22-15(20)11(14)8-17-18/h2-5,8H,6-7,9H2,1H3,(H,16,19). The van der Waals surface area contributed by atoms with Crippen LogP contribution < -0.4 is 10.9 Å². The van der Waals surface area contributed by atoms with Gasteiger partial charge in [-0.2, -0.15) is 5.10 Å². The van der Waals surface area contributed by atoms with Gasteiger partial charge in [0.25, 0.3) is 0 Å². The Bertz CT molecular complexity index is 881. The molecule has 7 nitrogen and oxygen atoms in total. The number of hydrogen-bond donors (Lipinski definition) is 1. The van der Waals surface area contributed by atoms with E-state index in [2.05, 4.69) is 10.4 Å². The quantitative estimate of drug-likeness (QED) is 0.559. The first-order valence-electron chi connectivity index (χ1n) is 6.83. The number of methoxy groups -OCH3 is 1. The van der Waals surface area contributed by atoms with Gasteiger partial charge in [-0.05, 0) is 12.1 Å². The van der Waals surface area contributed by atoms with Crippen LogP contribution in [0.1, 0.15) is 0 Å². The molecule has 0 unspecified atom stereocenters. The van der Waals surface area contributed by atoms with Crippen LogP contribution >= 0.6 is 0 Å². The SMILES string of the molecule is COCCNC(=O)Cn1ncc2c(=O)oc3ccccc3c21. The van der Waals surface area contributed by atoms with Gasteiger partial charge in [-0.1, -0.05) is 12.1 Å². The molecule has 0 saturated carbocycles. The molecular weight excluding hydrogens is 286 g/mol. The molecule has 0 aliphatic heterocycles. The topological polar surface area (TPSA) is 86.4 Å². The van der Waals surface area contributed by atoms with Crippen molar-refractivity contribution in [2.24, 2.45) is 0 Å². The fraction of sp³-hybridized carbons (Fsp3) is 0.267. The minimum Gasteiger partial charge on any atom is -0.422 e. The molecule has 1 aromatic carbocycles. The van der Waals surface area contributed by atoms with Gasteiger partial charge in [0.05, 0.1) is 18.3 Å². The van der Waals surface area contributed by atoms with Crippen LogP contribution in [0.5, 0.6) is 0 Å². The molecule has 114 valence electrons. The molecule has 0 radical (unpaired) electrons. The zero-order chi connectivity index (χ0) is 15.5. The molecule has 0 aliphatic carbocycles. The van der Waals surface area contributed by atoms with E-state index in [-0.39, 0.29) is 12.5 Å². The highest BCUT2D eigenvalue weighted by atomic mass is 16.5. The summed E-state index contributed by atoms with van der Waals surface area (Å²) in [6, 6.07) is 7.18. The van der Waals surface area contributed by atoms with E-state index in [1.165, 1.54) is 10.9 Å². The van der Waals surface area contributed by atoms with E-state index < -0.39 is 5.63 Å². The fourth-order valence-electron chi connectivity index (χ4n) is 2.33. The van der Waals surface area contributed by atoms with Gasteiger partial charge in [0.15, 0.2) is 0 Å². The minimum absolute atomic E-state index is 0.0284. The normalized spacial score (nSPS) is 11.1. The zero-order valence-corrected chi connectivity index (χ0v) is 12.0. The first kappa shape index (κ1) is 14.3. The van der Waals surface area contributed by atoms with Gasteiger partial charge in [0.2, 0.25) is 5.91 Å². The fourth-order valence-corrected chi connectivity index (χ4v) is 2.33. The van der Waals surface area contributed by atoms with Gasteiger partial charge in [-0.25, -0.2) is 4.79 Å². The van der Waals surface area contributed by atoms with Crippen LogP contribution in [0, 0.1) is 0 Å². The molecule has 3 rings (SSSR count). The molecule has 0 saturated heterocycles. The number of rotatable bonds is 5. The Hall–Kier alpha value is -2.67. The van der Waals surface area contributed by atoms with Crippen LogP contribution in [-0.2, 0) is 16.1 Å². The molecule has 0 bridgehead atoms. The Kier molecular flexibility index (Phi) is 3.88. The lowest BCUT2D eigenvalue weighted by atomic mass is 10.2. The summed E-state index contributed by atoms with van der Waals surface area (Å²) in [5, 5.41) is 7.98. The predicted molar refractivity (Wildman–Crippen MR) is 80.7 cm³/mol. The van der Waals surface area contributed by atoms with Crippen molar-refractivity contribution in [3.63, 3.8) is 0 Å². The van der Waals surface area contributed by atoms with Gasteiger partial charge >= 0.3 is 5.63 Å². The van der Waals surface area contributed by atoms with Gasteiger partial charge < -0.3 is 14.5 Å². The van der Waals surface area contributed by atoms with Gasteiger partial charge in [-0.3, -0.25) is 9.48 Å². The van der Waals surface area contributed by atoms with Crippen molar-refractivity contribution < 1.29 is 13.9 Å². The van der Waals surface area contributed by atoms with E-state index in [0.29, 0.717) is 29.6 Å². The average molecular weight is 301 g/mol. The van der Waals surface area contributed by atoms with E-state index in [0.717, 1.165) is 5.39 Å². The van der Waals surface area contributed by atoms with Crippen molar-refractivity contribution in [1.29, 1.82) is 0 Å². The average Bonchev–Trinajstić information content (AvgIpc) is 2.92. The Morgan fingerprint density at radius 2 is 2.18 bits per heavy atom. The zero-order valence-electron chi connectivity index (χ0n) is 12.0. The van der Waals surface area contributed by atoms with Crippen molar-refractivity contribution in [2.45, 2.75) is 6.54 Å². The number of nitrogens with one attached hydrogen (secondary N) is 1. The molecule has 0 atom stereocenters. The van der Waals surface area contributed by atoms with Crippen molar-refractivity contribution >= 4 is 27.8 Å². The van der Waals surface area contributed by atoms with Crippen LogP contribution in [0.3, 0.4) is 0 Å². The highest BCUT2D eigenvalue weighted by Gasteiger charge is 2.14. The van der Waals surface area contributed by atoms with E-state index in [9.17, 15) is 9.59 Å². The van der Waals surface area contributed by atoms with Gasteiger partial charge in [0, 0.05) is 19.0 Å². The number of carbonyl (C=O) groups is 1.